The van der Waals surface area contributed by atoms with Crippen molar-refractivity contribution in [2.45, 2.75) is 39.8 Å². The van der Waals surface area contributed by atoms with Gasteiger partial charge in [0, 0.05) is 12.1 Å². The lowest BCUT2D eigenvalue weighted by Gasteiger charge is -2.33. The van der Waals surface area contributed by atoms with E-state index < -0.39 is 6.04 Å². The molecule has 6 heteroatoms. The SMILES string of the molecule is CCOc1ccc(-n2c(C(CC)N(Cc3ccccc3)C(=O)c3ccccc3C)nc3ccccc3c2=O)cc1. The number of benzene rings is 4. The van der Waals surface area contributed by atoms with E-state index in [0.29, 0.717) is 47.6 Å². The Hall–Kier alpha value is -4.71. The molecule has 0 fully saturated rings. The topological polar surface area (TPSA) is 64.4 Å². The second-order valence-electron chi connectivity index (χ2n) is 9.71. The lowest BCUT2D eigenvalue weighted by Crippen LogP contribution is -2.38. The Labute approximate surface area is 234 Å². The standard InChI is InChI=1S/C34H33N3O3/c1-4-31(36(23-25-14-7-6-8-15-25)33(38)28-16-10-9-13-24(28)3)32-35-30-18-12-11-17-29(30)34(39)37(32)26-19-21-27(22-20-26)40-5-2/h6-22,31H,4-5,23H2,1-3H3. The van der Waals surface area contributed by atoms with Crippen LogP contribution in [0.1, 0.15) is 53.6 Å². The molecule has 0 aliphatic rings. The Morgan fingerprint density at radius 1 is 0.875 bits per heavy atom. The van der Waals surface area contributed by atoms with Crippen LogP contribution in [0.4, 0.5) is 0 Å². The lowest BCUT2D eigenvalue weighted by atomic mass is 10.0. The highest BCUT2D eigenvalue weighted by Gasteiger charge is 2.30. The normalized spacial score (nSPS) is 11.8. The zero-order valence-corrected chi connectivity index (χ0v) is 23.1. The smallest absolute Gasteiger partial charge is 0.266 e. The maximum absolute atomic E-state index is 14.3. The van der Waals surface area contributed by atoms with Gasteiger partial charge in [0.15, 0.2) is 0 Å². The Kier molecular flexibility index (Phi) is 8.06. The fraction of sp³-hybridized carbons (Fsp3) is 0.206. The number of amides is 1. The highest BCUT2D eigenvalue weighted by Crippen LogP contribution is 2.30. The molecule has 0 aliphatic heterocycles. The number of aryl methyl sites for hydroxylation is 1. The number of nitrogens with zero attached hydrogens (tertiary/aromatic N) is 3. The molecule has 0 aliphatic carbocycles. The largest absolute Gasteiger partial charge is 0.494 e. The molecule has 0 saturated heterocycles. The van der Waals surface area contributed by atoms with Crippen molar-refractivity contribution in [2.24, 2.45) is 0 Å². The summed E-state index contributed by atoms with van der Waals surface area (Å²) < 4.78 is 7.28. The first-order valence-electron chi connectivity index (χ1n) is 13.7. The van der Waals surface area contributed by atoms with Gasteiger partial charge < -0.3 is 9.64 Å². The first kappa shape index (κ1) is 26.9. The number of hydrogen-bond acceptors (Lipinski definition) is 4. The predicted molar refractivity (Wildman–Crippen MR) is 159 cm³/mol. The summed E-state index contributed by atoms with van der Waals surface area (Å²) in [5.74, 6) is 1.14. The third-order valence-corrected chi connectivity index (χ3v) is 7.10. The number of aromatic nitrogens is 2. The van der Waals surface area contributed by atoms with Crippen molar-refractivity contribution in [1.82, 2.24) is 14.5 Å². The van der Waals surface area contributed by atoms with Crippen LogP contribution in [-0.4, -0.2) is 27.0 Å². The van der Waals surface area contributed by atoms with Gasteiger partial charge in [0.1, 0.15) is 11.6 Å². The number of fused-ring (bicyclic) bond motifs is 1. The average Bonchev–Trinajstić information content (AvgIpc) is 2.98. The van der Waals surface area contributed by atoms with Crippen LogP contribution in [0.2, 0.25) is 0 Å². The summed E-state index contributed by atoms with van der Waals surface area (Å²) in [5.41, 5.74) is 3.63. The maximum atomic E-state index is 14.3. The highest BCUT2D eigenvalue weighted by atomic mass is 16.5. The lowest BCUT2D eigenvalue weighted by molar-refractivity contribution is 0.0640. The van der Waals surface area contributed by atoms with Crippen molar-refractivity contribution in [3.05, 3.63) is 136 Å². The number of para-hydroxylation sites is 1. The van der Waals surface area contributed by atoms with Gasteiger partial charge in [0.2, 0.25) is 0 Å². The zero-order chi connectivity index (χ0) is 28.1. The molecule has 1 unspecified atom stereocenters. The molecule has 0 saturated carbocycles. The molecule has 1 amide bonds. The molecule has 5 rings (SSSR count). The van der Waals surface area contributed by atoms with Gasteiger partial charge >= 0.3 is 0 Å². The van der Waals surface area contributed by atoms with Crippen LogP contribution in [0.15, 0.2) is 108 Å². The van der Waals surface area contributed by atoms with Gasteiger partial charge in [0.05, 0.1) is 29.2 Å². The molecule has 0 bridgehead atoms. The first-order valence-corrected chi connectivity index (χ1v) is 13.7. The summed E-state index contributed by atoms with van der Waals surface area (Å²) in [5, 5.41) is 0.523. The number of hydrogen-bond donors (Lipinski definition) is 0. The molecular weight excluding hydrogens is 498 g/mol. The van der Waals surface area contributed by atoms with Gasteiger partial charge in [-0.3, -0.25) is 14.2 Å². The minimum absolute atomic E-state index is 0.102. The predicted octanol–water partition coefficient (Wildman–Crippen LogP) is 6.89. The van der Waals surface area contributed by atoms with Crippen LogP contribution in [-0.2, 0) is 6.54 Å². The molecular formula is C34H33N3O3. The molecule has 40 heavy (non-hydrogen) atoms. The Morgan fingerprint density at radius 3 is 2.25 bits per heavy atom. The van der Waals surface area contributed by atoms with E-state index in [2.05, 4.69) is 0 Å². The van der Waals surface area contributed by atoms with Crippen LogP contribution in [0.25, 0.3) is 16.6 Å². The fourth-order valence-electron chi connectivity index (χ4n) is 5.09. The third-order valence-electron chi connectivity index (χ3n) is 7.10. The van der Waals surface area contributed by atoms with E-state index in [0.717, 1.165) is 16.9 Å². The Morgan fingerprint density at radius 2 is 1.55 bits per heavy atom. The van der Waals surface area contributed by atoms with Crippen LogP contribution in [0.5, 0.6) is 5.75 Å². The Balaban J connectivity index is 1.72. The highest BCUT2D eigenvalue weighted by molar-refractivity contribution is 5.96. The van der Waals surface area contributed by atoms with Crippen molar-refractivity contribution in [3.8, 4) is 11.4 Å². The molecule has 202 valence electrons. The van der Waals surface area contributed by atoms with Gasteiger partial charge in [-0.2, -0.15) is 0 Å². The monoisotopic (exact) mass is 531 g/mol. The summed E-state index contributed by atoms with van der Waals surface area (Å²) in [6, 6.07) is 31.9. The van der Waals surface area contributed by atoms with Gasteiger partial charge in [-0.1, -0.05) is 67.6 Å². The first-order chi connectivity index (χ1) is 19.5. The van der Waals surface area contributed by atoms with Crippen LogP contribution in [0.3, 0.4) is 0 Å². The summed E-state index contributed by atoms with van der Waals surface area (Å²) >= 11 is 0. The van der Waals surface area contributed by atoms with Crippen molar-refractivity contribution < 1.29 is 9.53 Å². The van der Waals surface area contributed by atoms with Crippen molar-refractivity contribution in [3.63, 3.8) is 0 Å². The fourth-order valence-corrected chi connectivity index (χ4v) is 5.09. The maximum Gasteiger partial charge on any atom is 0.266 e. The summed E-state index contributed by atoms with van der Waals surface area (Å²) in [4.78, 5) is 35.2. The molecule has 0 spiro atoms. The molecule has 6 nitrogen and oxygen atoms in total. The van der Waals surface area contributed by atoms with E-state index in [1.54, 1.807) is 10.6 Å². The van der Waals surface area contributed by atoms with E-state index >= 15 is 0 Å². The van der Waals surface area contributed by atoms with E-state index in [-0.39, 0.29) is 11.5 Å². The summed E-state index contributed by atoms with van der Waals surface area (Å²) in [6.07, 6.45) is 0.562. The zero-order valence-electron chi connectivity index (χ0n) is 23.1. The van der Waals surface area contributed by atoms with Gasteiger partial charge in [0.25, 0.3) is 11.5 Å². The number of carbonyl (C=O) groups is 1. The van der Waals surface area contributed by atoms with Gasteiger partial charge in [-0.05, 0) is 73.9 Å². The van der Waals surface area contributed by atoms with E-state index in [1.165, 1.54) is 0 Å². The summed E-state index contributed by atoms with van der Waals surface area (Å²) in [6.45, 7) is 6.83. The molecule has 1 heterocycles. The van der Waals surface area contributed by atoms with E-state index in [1.807, 2.05) is 123 Å². The minimum atomic E-state index is -0.476. The summed E-state index contributed by atoms with van der Waals surface area (Å²) in [7, 11) is 0. The second-order valence-corrected chi connectivity index (χ2v) is 9.71. The van der Waals surface area contributed by atoms with E-state index in [4.69, 9.17) is 9.72 Å². The third kappa shape index (κ3) is 5.38. The quantitative estimate of drug-likeness (QED) is 0.208. The Bertz CT molecular complexity index is 1680. The molecule has 1 atom stereocenters. The molecule has 1 aromatic heterocycles. The van der Waals surface area contributed by atoms with Crippen LogP contribution < -0.4 is 10.3 Å². The number of ether oxygens (including phenoxy) is 1. The molecule has 0 radical (unpaired) electrons. The van der Waals surface area contributed by atoms with Crippen molar-refractivity contribution >= 4 is 16.8 Å². The molecule has 4 aromatic carbocycles. The van der Waals surface area contributed by atoms with Crippen LogP contribution >= 0.6 is 0 Å². The average molecular weight is 532 g/mol. The van der Waals surface area contributed by atoms with Crippen molar-refractivity contribution in [1.29, 1.82) is 0 Å². The van der Waals surface area contributed by atoms with Crippen LogP contribution in [0, 0.1) is 6.92 Å². The van der Waals surface area contributed by atoms with E-state index in [9.17, 15) is 9.59 Å². The van der Waals surface area contributed by atoms with Gasteiger partial charge in [-0.15, -0.1) is 0 Å². The molecule has 5 aromatic rings. The minimum Gasteiger partial charge on any atom is -0.494 e. The number of carbonyl (C=O) groups excluding carboxylic acids is 1. The van der Waals surface area contributed by atoms with Gasteiger partial charge in [-0.25, -0.2) is 4.98 Å². The second kappa shape index (κ2) is 12.0. The molecule has 0 N–H and O–H groups in total. The number of rotatable bonds is 9. The van der Waals surface area contributed by atoms with Crippen molar-refractivity contribution in [2.75, 3.05) is 6.61 Å².